The van der Waals surface area contributed by atoms with E-state index in [0.717, 1.165) is 16.9 Å². The summed E-state index contributed by atoms with van der Waals surface area (Å²) >= 11 is 0. The predicted molar refractivity (Wildman–Crippen MR) is 113 cm³/mol. The van der Waals surface area contributed by atoms with Crippen LogP contribution in [0.15, 0.2) is 66.7 Å². The van der Waals surface area contributed by atoms with Crippen molar-refractivity contribution in [2.75, 3.05) is 20.8 Å². The molecule has 0 radical (unpaired) electrons. The van der Waals surface area contributed by atoms with Gasteiger partial charge >= 0.3 is 0 Å². The molecule has 3 aromatic rings. The second kappa shape index (κ2) is 9.78. The van der Waals surface area contributed by atoms with Crippen LogP contribution >= 0.6 is 0 Å². The van der Waals surface area contributed by atoms with Gasteiger partial charge < -0.3 is 19.5 Å². The van der Waals surface area contributed by atoms with Gasteiger partial charge in [-0.25, -0.2) is 4.39 Å². The molecule has 3 aromatic carbocycles. The average molecular weight is 409 g/mol. The second-order valence-corrected chi connectivity index (χ2v) is 6.50. The summed E-state index contributed by atoms with van der Waals surface area (Å²) in [5.41, 5.74) is 1.56. The van der Waals surface area contributed by atoms with Crippen molar-refractivity contribution < 1.29 is 23.4 Å². The number of methoxy groups -OCH3 is 2. The number of benzene rings is 3. The number of carbonyl (C=O) groups is 1. The van der Waals surface area contributed by atoms with Crippen LogP contribution in [0.1, 0.15) is 34.5 Å². The molecule has 6 heteroatoms. The maximum atomic E-state index is 14.1. The summed E-state index contributed by atoms with van der Waals surface area (Å²) in [7, 11) is 3.10. The van der Waals surface area contributed by atoms with E-state index >= 15 is 0 Å². The van der Waals surface area contributed by atoms with E-state index in [4.69, 9.17) is 14.2 Å². The minimum Gasteiger partial charge on any atom is -0.494 e. The smallest absolute Gasteiger partial charge is 0.255 e. The number of nitrogens with one attached hydrogen (secondary N) is 1. The highest BCUT2D eigenvalue weighted by Gasteiger charge is 2.21. The summed E-state index contributed by atoms with van der Waals surface area (Å²) in [6, 6.07) is 18.2. The van der Waals surface area contributed by atoms with Gasteiger partial charge in [0, 0.05) is 0 Å². The van der Waals surface area contributed by atoms with Crippen LogP contribution in [-0.2, 0) is 0 Å². The van der Waals surface area contributed by atoms with Crippen LogP contribution in [0.4, 0.5) is 4.39 Å². The second-order valence-electron chi connectivity index (χ2n) is 6.50. The zero-order valence-corrected chi connectivity index (χ0v) is 17.1. The number of hydrogen-bond acceptors (Lipinski definition) is 4. The van der Waals surface area contributed by atoms with Crippen molar-refractivity contribution in [3.8, 4) is 17.2 Å². The topological polar surface area (TPSA) is 56.8 Å². The fourth-order valence-corrected chi connectivity index (χ4v) is 3.17. The van der Waals surface area contributed by atoms with E-state index in [0.29, 0.717) is 18.1 Å². The molecule has 0 aliphatic rings. The highest BCUT2D eigenvalue weighted by Crippen LogP contribution is 2.33. The van der Waals surface area contributed by atoms with Crippen LogP contribution < -0.4 is 19.5 Å². The molecule has 5 nitrogen and oxygen atoms in total. The van der Waals surface area contributed by atoms with Gasteiger partial charge in [-0.3, -0.25) is 4.79 Å². The molecule has 0 fully saturated rings. The highest BCUT2D eigenvalue weighted by molar-refractivity contribution is 5.95. The van der Waals surface area contributed by atoms with Crippen LogP contribution in [-0.4, -0.2) is 26.7 Å². The fraction of sp³-hybridized carbons (Fsp3) is 0.208. The lowest BCUT2D eigenvalue weighted by Gasteiger charge is -2.21. The Morgan fingerprint density at radius 2 is 1.60 bits per heavy atom. The van der Waals surface area contributed by atoms with Gasteiger partial charge in [0.2, 0.25) is 0 Å². The first-order valence-electron chi connectivity index (χ1n) is 9.57. The van der Waals surface area contributed by atoms with Crippen molar-refractivity contribution in [2.45, 2.75) is 13.0 Å². The molecule has 0 spiro atoms. The Hall–Kier alpha value is -3.54. The summed E-state index contributed by atoms with van der Waals surface area (Å²) < 4.78 is 30.4. The van der Waals surface area contributed by atoms with Crippen molar-refractivity contribution in [1.82, 2.24) is 5.32 Å². The molecule has 0 saturated carbocycles. The predicted octanol–water partition coefficient (Wildman–Crippen LogP) is 4.76. The summed E-state index contributed by atoms with van der Waals surface area (Å²) in [6.07, 6.45) is 0. The third kappa shape index (κ3) is 4.71. The lowest BCUT2D eigenvalue weighted by atomic mass is 9.97. The summed E-state index contributed by atoms with van der Waals surface area (Å²) in [5.74, 6) is 0.750. The zero-order chi connectivity index (χ0) is 21.5. The maximum Gasteiger partial charge on any atom is 0.255 e. The fourth-order valence-electron chi connectivity index (χ4n) is 3.17. The number of rotatable bonds is 8. The third-order valence-electron chi connectivity index (χ3n) is 4.66. The van der Waals surface area contributed by atoms with Gasteiger partial charge in [-0.1, -0.05) is 30.3 Å². The number of amides is 1. The SMILES string of the molecule is CCOc1ccc([C@H](NC(=O)c2ccccc2F)c2ccc(OC)c(OC)c2)cc1. The minimum atomic E-state index is -0.576. The van der Waals surface area contributed by atoms with Crippen molar-refractivity contribution in [1.29, 1.82) is 0 Å². The van der Waals surface area contributed by atoms with E-state index in [1.165, 1.54) is 12.1 Å². The molecule has 0 heterocycles. The molecule has 0 aliphatic carbocycles. The first-order valence-corrected chi connectivity index (χ1v) is 9.57. The van der Waals surface area contributed by atoms with Gasteiger partial charge in [-0.05, 0) is 54.4 Å². The molecule has 30 heavy (non-hydrogen) atoms. The third-order valence-corrected chi connectivity index (χ3v) is 4.66. The molecule has 1 N–H and O–H groups in total. The Morgan fingerprint density at radius 1 is 0.933 bits per heavy atom. The standard InChI is InChI=1S/C24H24FNO4/c1-4-30-18-12-9-16(10-13-18)23(17-11-14-21(28-2)22(15-17)29-3)26-24(27)19-7-5-6-8-20(19)25/h5-15,23H,4H2,1-3H3,(H,26,27)/t23-/m0/s1. The molecule has 0 aliphatic heterocycles. The van der Waals surface area contributed by atoms with E-state index in [-0.39, 0.29) is 5.56 Å². The van der Waals surface area contributed by atoms with Crippen molar-refractivity contribution in [3.05, 3.63) is 89.2 Å². The monoisotopic (exact) mass is 409 g/mol. The van der Waals surface area contributed by atoms with Crippen LogP contribution in [0.2, 0.25) is 0 Å². The number of carbonyl (C=O) groups excluding carboxylic acids is 1. The molecule has 0 bridgehead atoms. The maximum absolute atomic E-state index is 14.1. The van der Waals surface area contributed by atoms with Crippen LogP contribution in [0.5, 0.6) is 17.2 Å². The summed E-state index contributed by atoms with van der Waals surface area (Å²) in [4.78, 5) is 12.8. The van der Waals surface area contributed by atoms with Crippen LogP contribution in [0.25, 0.3) is 0 Å². The Morgan fingerprint density at radius 3 is 2.23 bits per heavy atom. The van der Waals surface area contributed by atoms with Gasteiger partial charge in [0.1, 0.15) is 11.6 Å². The lowest BCUT2D eigenvalue weighted by molar-refractivity contribution is 0.0939. The minimum absolute atomic E-state index is 0.0195. The largest absolute Gasteiger partial charge is 0.494 e. The molecular weight excluding hydrogens is 385 g/mol. The van der Waals surface area contributed by atoms with Crippen LogP contribution in [0.3, 0.4) is 0 Å². The van der Waals surface area contributed by atoms with E-state index in [1.54, 1.807) is 38.5 Å². The zero-order valence-electron chi connectivity index (χ0n) is 17.1. The van der Waals surface area contributed by atoms with Crippen molar-refractivity contribution in [2.24, 2.45) is 0 Å². The average Bonchev–Trinajstić information content (AvgIpc) is 2.78. The van der Waals surface area contributed by atoms with E-state index in [2.05, 4.69) is 5.32 Å². The van der Waals surface area contributed by atoms with Gasteiger partial charge in [-0.2, -0.15) is 0 Å². The first kappa shape index (κ1) is 21.2. The van der Waals surface area contributed by atoms with Gasteiger partial charge in [0.05, 0.1) is 32.4 Å². The van der Waals surface area contributed by atoms with Crippen molar-refractivity contribution in [3.63, 3.8) is 0 Å². The number of ether oxygens (including phenoxy) is 3. The molecule has 0 aromatic heterocycles. The Kier molecular flexibility index (Phi) is 6.91. The number of halogens is 1. The number of hydrogen-bond donors (Lipinski definition) is 1. The summed E-state index contributed by atoms with van der Waals surface area (Å²) in [6.45, 7) is 2.47. The molecule has 3 rings (SSSR count). The molecule has 1 atom stereocenters. The van der Waals surface area contributed by atoms with Gasteiger partial charge in [0.15, 0.2) is 11.5 Å². The van der Waals surface area contributed by atoms with E-state index < -0.39 is 17.8 Å². The lowest BCUT2D eigenvalue weighted by Crippen LogP contribution is -2.30. The van der Waals surface area contributed by atoms with Gasteiger partial charge in [0.25, 0.3) is 5.91 Å². The van der Waals surface area contributed by atoms with Crippen LogP contribution in [0, 0.1) is 5.82 Å². The van der Waals surface area contributed by atoms with Crippen molar-refractivity contribution >= 4 is 5.91 Å². The van der Waals surface area contributed by atoms with E-state index in [9.17, 15) is 9.18 Å². The first-order chi connectivity index (χ1) is 14.6. The molecular formula is C24H24FNO4. The summed E-state index contributed by atoms with van der Waals surface area (Å²) in [5, 5.41) is 2.93. The van der Waals surface area contributed by atoms with E-state index in [1.807, 2.05) is 37.3 Å². The Balaban J connectivity index is 2.00. The molecule has 1 amide bonds. The Bertz CT molecular complexity index is 1000. The molecule has 0 unspecified atom stereocenters. The Labute approximate surface area is 175 Å². The van der Waals surface area contributed by atoms with Gasteiger partial charge in [-0.15, -0.1) is 0 Å². The molecule has 156 valence electrons. The quantitative estimate of drug-likeness (QED) is 0.583. The normalized spacial score (nSPS) is 11.5. The molecule has 0 saturated heterocycles. The highest BCUT2D eigenvalue weighted by atomic mass is 19.1.